The monoisotopic (exact) mass is 271 g/mol. The molecule has 0 fully saturated rings. The quantitative estimate of drug-likeness (QED) is 0.689. The Balaban J connectivity index is 2.07. The van der Waals surface area contributed by atoms with E-state index in [0.29, 0.717) is 10.9 Å². The van der Waals surface area contributed by atoms with Crippen LogP contribution in [0, 0.1) is 5.82 Å². The number of rotatable bonds is 3. The third-order valence-corrected chi connectivity index (χ3v) is 3.71. The van der Waals surface area contributed by atoms with Gasteiger partial charge in [-0.1, -0.05) is 11.6 Å². The van der Waals surface area contributed by atoms with Gasteiger partial charge in [-0.2, -0.15) is 0 Å². The minimum Gasteiger partial charge on any atom is -0.396 e. The summed E-state index contributed by atoms with van der Waals surface area (Å²) in [5.74, 6) is 1.08. The Morgan fingerprint density at radius 2 is 2.29 bits per heavy atom. The summed E-state index contributed by atoms with van der Waals surface area (Å²) in [6, 6.07) is 4.77. The van der Waals surface area contributed by atoms with Crippen LogP contribution in [-0.4, -0.2) is 9.55 Å². The van der Waals surface area contributed by atoms with Crippen molar-refractivity contribution in [3.05, 3.63) is 41.2 Å². The molecule has 2 aromatic rings. The topological polar surface area (TPSA) is 43.8 Å². The van der Waals surface area contributed by atoms with Crippen LogP contribution in [0.3, 0.4) is 0 Å². The van der Waals surface area contributed by atoms with Crippen molar-refractivity contribution in [2.45, 2.75) is 10.6 Å². The molecule has 0 aliphatic rings. The SMILES string of the molecule is Cn1c(Cl)cnc1CSc1ccc(N)c(F)c1. The molecule has 0 radical (unpaired) electrons. The van der Waals surface area contributed by atoms with Gasteiger partial charge in [0.1, 0.15) is 16.8 Å². The highest BCUT2D eigenvalue weighted by Gasteiger charge is 2.06. The molecule has 0 saturated heterocycles. The summed E-state index contributed by atoms with van der Waals surface area (Å²) in [6.07, 6.45) is 1.60. The van der Waals surface area contributed by atoms with Gasteiger partial charge in [0.25, 0.3) is 0 Å². The average molecular weight is 272 g/mol. The molecule has 0 spiro atoms. The minimum absolute atomic E-state index is 0.161. The van der Waals surface area contributed by atoms with Gasteiger partial charge in [0.05, 0.1) is 17.6 Å². The van der Waals surface area contributed by atoms with Gasteiger partial charge < -0.3 is 10.3 Å². The number of hydrogen-bond donors (Lipinski definition) is 1. The Bertz CT molecular complexity index is 542. The van der Waals surface area contributed by atoms with Crippen LogP contribution in [0.25, 0.3) is 0 Å². The van der Waals surface area contributed by atoms with Crippen molar-refractivity contribution in [3.63, 3.8) is 0 Å². The minimum atomic E-state index is -0.395. The lowest BCUT2D eigenvalue weighted by Crippen LogP contribution is -1.96. The molecule has 0 amide bonds. The molecule has 0 atom stereocenters. The third-order valence-electron chi connectivity index (χ3n) is 2.37. The molecular formula is C11H11ClFN3S. The van der Waals surface area contributed by atoms with Gasteiger partial charge in [-0.05, 0) is 18.2 Å². The largest absolute Gasteiger partial charge is 0.396 e. The summed E-state index contributed by atoms with van der Waals surface area (Å²) >= 11 is 7.36. The maximum absolute atomic E-state index is 13.2. The fraction of sp³-hybridized carbons (Fsp3) is 0.182. The van der Waals surface area contributed by atoms with Gasteiger partial charge in [0.2, 0.25) is 0 Å². The highest BCUT2D eigenvalue weighted by atomic mass is 35.5. The first-order valence-electron chi connectivity index (χ1n) is 4.92. The van der Waals surface area contributed by atoms with Crippen molar-refractivity contribution in [2.24, 2.45) is 7.05 Å². The summed E-state index contributed by atoms with van der Waals surface area (Å²) in [5.41, 5.74) is 5.57. The molecule has 1 aromatic carbocycles. The molecule has 90 valence electrons. The summed E-state index contributed by atoms with van der Waals surface area (Å²) in [4.78, 5) is 4.98. The Kier molecular flexibility index (Phi) is 3.59. The fourth-order valence-electron chi connectivity index (χ4n) is 1.30. The van der Waals surface area contributed by atoms with Crippen LogP contribution in [0.4, 0.5) is 10.1 Å². The normalized spacial score (nSPS) is 10.8. The molecule has 1 aromatic heterocycles. The van der Waals surface area contributed by atoms with E-state index >= 15 is 0 Å². The van der Waals surface area contributed by atoms with E-state index < -0.39 is 5.82 Å². The zero-order chi connectivity index (χ0) is 12.4. The van der Waals surface area contributed by atoms with Crippen LogP contribution in [-0.2, 0) is 12.8 Å². The number of nitrogens with two attached hydrogens (primary N) is 1. The summed E-state index contributed by atoms with van der Waals surface area (Å²) in [7, 11) is 1.84. The van der Waals surface area contributed by atoms with Crippen molar-refractivity contribution in [1.29, 1.82) is 0 Å². The Morgan fingerprint density at radius 3 is 2.88 bits per heavy atom. The molecule has 3 nitrogen and oxygen atoms in total. The maximum atomic E-state index is 13.2. The van der Waals surface area contributed by atoms with E-state index in [4.69, 9.17) is 17.3 Å². The van der Waals surface area contributed by atoms with E-state index in [9.17, 15) is 4.39 Å². The van der Waals surface area contributed by atoms with Gasteiger partial charge in [0, 0.05) is 11.9 Å². The average Bonchev–Trinajstić information content (AvgIpc) is 2.62. The summed E-state index contributed by atoms with van der Waals surface area (Å²) in [6.45, 7) is 0. The van der Waals surface area contributed by atoms with Gasteiger partial charge in [-0.3, -0.25) is 0 Å². The predicted octanol–water partition coefficient (Wildman–Crippen LogP) is 3.09. The van der Waals surface area contributed by atoms with Gasteiger partial charge in [-0.25, -0.2) is 9.37 Å². The molecule has 0 bridgehead atoms. The lowest BCUT2D eigenvalue weighted by Gasteiger charge is -2.04. The van der Waals surface area contributed by atoms with Crippen LogP contribution in [0.15, 0.2) is 29.3 Å². The van der Waals surface area contributed by atoms with Crippen LogP contribution >= 0.6 is 23.4 Å². The fourth-order valence-corrected chi connectivity index (χ4v) is 2.37. The molecule has 1 heterocycles. The summed E-state index contributed by atoms with van der Waals surface area (Å²) < 4.78 is 15.0. The lowest BCUT2D eigenvalue weighted by molar-refractivity contribution is 0.629. The predicted molar refractivity (Wildman–Crippen MR) is 68.6 cm³/mol. The van der Waals surface area contributed by atoms with Gasteiger partial charge >= 0.3 is 0 Å². The number of anilines is 1. The van der Waals surface area contributed by atoms with Gasteiger partial charge in [0.15, 0.2) is 0 Å². The number of hydrogen-bond acceptors (Lipinski definition) is 3. The third kappa shape index (κ3) is 2.73. The lowest BCUT2D eigenvalue weighted by atomic mass is 10.3. The van der Waals surface area contributed by atoms with Crippen LogP contribution in [0.5, 0.6) is 0 Å². The smallest absolute Gasteiger partial charge is 0.147 e. The Labute approximate surface area is 108 Å². The van der Waals surface area contributed by atoms with Crippen LogP contribution < -0.4 is 5.73 Å². The first-order chi connectivity index (χ1) is 8.08. The highest BCUT2D eigenvalue weighted by Crippen LogP contribution is 2.25. The molecular weight excluding hydrogens is 261 g/mol. The van der Waals surface area contributed by atoms with Crippen molar-refractivity contribution < 1.29 is 4.39 Å². The van der Waals surface area contributed by atoms with E-state index in [2.05, 4.69) is 4.98 Å². The van der Waals surface area contributed by atoms with Crippen LogP contribution in [0.2, 0.25) is 5.15 Å². The second-order valence-corrected chi connectivity index (χ2v) is 4.96. The van der Waals surface area contributed by atoms with E-state index in [1.54, 1.807) is 22.9 Å². The molecule has 2 rings (SSSR count). The Hall–Kier alpha value is -1.20. The van der Waals surface area contributed by atoms with E-state index in [-0.39, 0.29) is 5.69 Å². The number of nitrogen functional groups attached to an aromatic ring is 1. The van der Waals surface area contributed by atoms with Crippen molar-refractivity contribution in [2.75, 3.05) is 5.73 Å². The zero-order valence-corrected chi connectivity index (χ0v) is 10.7. The zero-order valence-electron chi connectivity index (χ0n) is 9.15. The first-order valence-corrected chi connectivity index (χ1v) is 6.28. The second-order valence-electron chi connectivity index (χ2n) is 3.53. The molecule has 0 unspecified atom stereocenters. The Morgan fingerprint density at radius 1 is 1.53 bits per heavy atom. The van der Waals surface area contributed by atoms with Crippen molar-refractivity contribution >= 4 is 29.1 Å². The van der Waals surface area contributed by atoms with Crippen molar-refractivity contribution in [1.82, 2.24) is 9.55 Å². The maximum Gasteiger partial charge on any atom is 0.147 e. The number of halogens is 2. The van der Waals surface area contributed by atoms with E-state index in [1.807, 2.05) is 7.05 Å². The number of thioether (sulfide) groups is 1. The standard InChI is InChI=1S/C11H11ClFN3S/c1-16-10(12)5-15-11(16)6-17-7-2-3-9(14)8(13)4-7/h2-5H,6,14H2,1H3. The molecule has 6 heteroatoms. The number of benzene rings is 1. The molecule has 17 heavy (non-hydrogen) atoms. The second kappa shape index (κ2) is 4.98. The highest BCUT2D eigenvalue weighted by molar-refractivity contribution is 7.98. The number of nitrogens with zero attached hydrogens (tertiary/aromatic N) is 2. The van der Waals surface area contributed by atoms with Crippen molar-refractivity contribution in [3.8, 4) is 0 Å². The molecule has 2 N–H and O–H groups in total. The molecule has 0 aliphatic carbocycles. The van der Waals surface area contributed by atoms with Gasteiger partial charge in [-0.15, -0.1) is 11.8 Å². The molecule has 0 saturated carbocycles. The van der Waals surface area contributed by atoms with E-state index in [0.717, 1.165) is 10.7 Å². The molecule has 0 aliphatic heterocycles. The van der Waals surface area contributed by atoms with E-state index in [1.165, 1.54) is 17.8 Å². The first kappa shape index (κ1) is 12.3. The number of imidazole rings is 1. The van der Waals surface area contributed by atoms with Crippen LogP contribution in [0.1, 0.15) is 5.82 Å². The summed E-state index contributed by atoms with van der Waals surface area (Å²) in [5, 5.41) is 0.587. The number of aromatic nitrogens is 2.